The molecule has 0 N–H and O–H groups in total. The molecule has 1 aliphatic rings. The van der Waals surface area contributed by atoms with Crippen molar-refractivity contribution < 1.29 is 9.18 Å². The number of anilines is 1. The van der Waals surface area contributed by atoms with Crippen molar-refractivity contribution in [1.29, 1.82) is 5.26 Å². The van der Waals surface area contributed by atoms with Gasteiger partial charge in [-0.25, -0.2) is 9.37 Å². The summed E-state index contributed by atoms with van der Waals surface area (Å²) < 4.78 is 13.9. The minimum atomic E-state index is -0.572. The second kappa shape index (κ2) is 5.41. The van der Waals surface area contributed by atoms with E-state index < -0.39 is 5.82 Å². The summed E-state index contributed by atoms with van der Waals surface area (Å²) in [6, 6.07) is 2.87. The smallest absolute Gasteiger partial charge is 0.219 e. The molecule has 2 heterocycles. The van der Waals surface area contributed by atoms with Gasteiger partial charge < -0.3 is 9.80 Å². The number of carbonyl (C=O) groups is 1. The number of halogens is 2. The van der Waals surface area contributed by atoms with Crippen molar-refractivity contribution in [1.82, 2.24) is 9.88 Å². The molecule has 1 amide bonds. The van der Waals surface area contributed by atoms with Crippen LogP contribution in [0, 0.1) is 17.1 Å². The van der Waals surface area contributed by atoms with E-state index >= 15 is 0 Å². The van der Waals surface area contributed by atoms with Gasteiger partial charge in [-0.15, -0.1) is 0 Å². The Hall–Kier alpha value is -1.87. The number of carbonyl (C=O) groups excluding carboxylic acids is 1. The lowest BCUT2D eigenvalue weighted by Gasteiger charge is -2.35. The quantitative estimate of drug-likeness (QED) is 0.731. The van der Waals surface area contributed by atoms with Gasteiger partial charge in [0.25, 0.3) is 0 Å². The van der Waals surface area contributed by atoms with Gasteiger partial charge in [0, 0.05) is 33.1 Å². The van der Waals surface area contributed by atoms with Crippen LogP contribution in [0.1, 0.15) is 12.5 Å². The molecule has 0 aromatic carbocycles. The summed E-state index contributed by atoms with van der Waals surface area (Å²) in [6.45, 7) is 3.53. The summed E-state index contributed by atoms with van der Waals surface area (Å²) in [5.41, 5.74) is 0.0188. The molecule has 0 bridgehead atoms. The first-order chi connectivity index (χ1) is 9.02. The highest BCUT2D eigenvalue weighted by Gasteiger charge is 2.23. The Morgan fingerprint density at radius 1 is 1.47 bits per heavy atom. The third-order valence-corrected chi connectivity index (χ3v) is 3.34. The van der Waals surface area contributed by atoms with Crippen molar-refractivity contribution in [2.75, 3.05) is 31.1 Å². The molecule has 100 valence electrons. The summed E-state index contributed by atoms with van der Waals surface area (Å²) in [5, 5.41) is 8.73. The average molecular weight is 283 g/mol. The van der Waals surface area contributed by atoms with E-state index in [9.17, 15) is 9.18 Å². The average Bonchev–Trinajstić information content (AvgIpc) is 2.41. The predicted octanol–water partition coefficient (Wildman–Crippen LogP) is 1.41. The number of aromatic nitrogens is 1. The summed E-state index contributed by atoms with van der Waals surface area (Å²) in [7, 11) is 0. The Morgan fingerprint density at radius 2 is 2.11 bits per heavy atom. The molecule has 1 saturated heterocycles. The van der Waals surface area contributed by atoms with Crippen molar-refractivity contribution in [2.45, 2.75) is 6.92 Å². The maximum absolute atomic E-state index is 13.9. The van der Waals surface area contributed by atoms with Crippen LogP contribution in [-0.4, -0.2) is 42.0 Å². The summed E-state index contributed by atoms with van der Waals surface area (Å²) >= 11 is 5.81. The monoisotopic (exact) mass is 282 g/mol. The zero-order valence-corrected chi connectivity index (χ0v) is 11.1. The normalized spacial score (nSPS) is 15.3. The fraction of sp³-hybridized carbons (Fsp3) is 0.417. The molecule has 0 spiro atoms. The van der Waals surface area contributed by atoms with Gasteiger partial charge in [0.15, 0.2) is 11.6 Å². The van der Waals surface area contributed by atoms with Gasteiger partial charge in [-0.1, -0.05) is 11.6 Å². The number of rotatable bonds is 1. The van der Waals surface area contributed by atoms with E-state index in [2.05, 4.69) is 4.98 Å². The molecule has 0 radical (unpaired) electrons. The van der Waals surface area contributed by atoms with E-state index in [-0.39, 0.29) is 22.4 Å². The summed E-state index contributed by atoms with van der Waals surface area (Å²) in [5.74, 6) is -0.435. The van der Waals surface area contributed by atoms with Crippen LogP contribution in [0.5, 0.6) is 0 Å². The van der Waals surface area contributed by atoms with Crippen molar-refractivity contribution in [3.8, 4) is 6.07 Å². The molecule has 0 unspecified atom stereocenters. The molecular formula is C12H12ClFN4O. The van der Waals surface area contributed by atoms with Gasteiger partial charge in [0.1, 0.15) is 11.2 Å². The molecule has 1 aromatic rings. The Kier molecular flexibility index (Phi) is 3.86. The Balaban J connectivity index is 2.18. The molecule has 1 aromatic heterocycles. The molecule has 1 fully saturated rings. The van der Waals surface area contributed by atoms with Gasteiger partial charge in [-0.05, 0) is 6.07 Å². The second-order valence-corrected chi connectivity index (χ2v) is 4.60. The summed E-state index contributed by atoms with van der Waals surface area (Å²) in [4.78, 5) is 18.6. The zero-order valence-electron chi connectivity index (χ0n) is 10.4. The van der Waals surface area contributed by atoms with Crippen LogP contribution < -0.4 is 4.90 Å². The Labute approximate surface area is 115 Å². The maximum atomic E-state index is 13.9. The van der Waals surface area contributed by atoms with E-state index in [4.69, 9.17) is 16.9 Å². The number of nitrogens with zero attached hydrogens (tertiary/aromatic N) is 4. The standard InChI is InChI=1S/C12H12ClFN4O/c1-8(19)17-2-4-18(5-3-17)12-10(14)6-9(7-15)11(13)16-12/h6H,2-5H2,1H3. The largest absolute Gasteiger partial charge is 0.351 e. The predicted molar refractivity (Wildman–Crippen MR) is 68.4 cm³/mol. The van der Waals surface area contributed by atoms with E-state index in [0.29, 0.717) is 26.2 Å². The molecule has 19 heavy (non-hydrogen) atoms. The van der Waals surface area contributed by atoms with Crippen molar-refractivity contribution >= 4 is 23.3 Å². The SMILES string of the molecule is CC(=O)N1CCN(c2nc(Cl)c(C#N)cc2F)CC1. The van der Waals surface area contributed by atoms with Gasteiger partial charge in [0.05, 0.1) is 5.56 Å². The summed E-state index contributed by atoms with van der Waals surface area (Å²) in [6.07, 6.45) is 0. The van der Waals surface area contributed by atoms with Crippen molar-refractivity contribution in [3.63, 3.8) is 0 Å². The fourth-order valence-corrected chi connectivity index (χ4v) is 2.17. The van der Waals surface area contributed by atoms with Crippen LogP contribution in [0.2, 0.25) is 5.15 Å². The lowest BCUT2D eigenvalue weighted by Crippen LogP contribution is -2.48. The van der Waals surface area contributed by atoms with Gasteiger partial charge >= 0.3 is 0 Å². The second-order valence-electron chi connectivity index (χ2n) is 4.24. The molecule has 7 heteroatoms. The molecule has 5 nitrogen and oxygen atoms in total. The third-order valence-electron chi connectivity index (χ3n) is 3.06. The zero-order chi connectivity index (χ0) is 14.0. The number of nitriles is 1. The Morgan fingerprint density at radius 3 is 2.63 bits per heavy atom. The molecule has 1 aliphatic heterocycles. The number of pyridine rings is 1. The van der Waals surface area contributed by atoms with Crippen LogP contribution in [0.4, 0.5) is 10.2 Å². The number of amides is 1. The van der Waals surface area contributed by atoms with Crippen LogP contribution in [0.15, 0.2) is 6.07 Å². The molecular weight excluding hydrogens is 271 g/mol. The molecule has 0 saturated carbocycles. The van der Waals surface area contributed by atoms with Gasteiger partial charge in [-0.2, -0.15) is 5.26 Å². The number of piperazine rings is 1. The highest BCUT2D eigenvalue weighted by atomic mass is 35.5. The first kappa shape index (κ1) is 13.6. The fourth-order valence-electron chi connectivity index (χ4n) is 1.99. The Bertz CT molecular complexity index is 549. The minimum Gasteiger partial charge on any atom is -0.351 e. The van der Waals surface area contributed by atoms with E-state index in [1.54, 1.807) is 15.9 Å². The van der Waals surface area contributed by atoms with Crippen molar-refractivity contribution in [2.24, 2.45) is 0 Å². The van der Waals surface area contributed by atoms with Crippen LogP contribution in [0.3, 0.4) is 0 Å². The van der Waals surface area contributed by atoms with Crippen LogP contribution >= 0.6 is 11.6 Å². The number of hydrogen-bond acceptors (Lipinski definition) is 4. The lowest BCUT2D eigenvalue weighted by molar-refractivity contribution is -0.129. The molecule has 0 aliphatic carbocycles. The van der Waals surface area contributed by atoms with Crippen LogP contribution in [0.25, 0.3) is 0 Å². The third kappa shape index (κ3) is 2.76. The lowest BCUT2D eigenvalue weighted by atomic mass is 10.2. The first-order valence-electron chi connectivity index (χ1n) is 5.79. The molecule has 2 rings (SSSR count). The van der Waals surface area contributed by atoms with E-state index in [1.165, 1.54) is 6.92 Å². The maximum Gasteiger partial charge on any atom is 0.219 e. The van der Waals surface area contributed by atoms with E-state index in [0.717, 1.165) is 6.07 Å². The number of hydrogen-bond donors (Lipinski definition) is 0. The van der Waals surface area contributed by atoms with E-state index in [1.807, 2.05) is 0 Å². The first-order valence-corrected chi connectivity index (χ1v) is 6.17. The highest BCUT2D eigenvalue weighted by molar-refractivity contribution is 6.30. The van der Waals surface area contributed by atoms with Gasteiger partial charge in [-0.3, -0.25) is 4.79 Å². The van der Waals surface area contributed by atoms with Crippen LogP contribution in [-0.2, 0) is 4.79 Å². The minimum absolute atomic E-state index is 0.00550. The highest BCUT2D eigenvalue weighted by Crippen LogP contribution is 2.23. The topological polar surface area (TPSA) is 60.2 Å². The van der Waals surface area contributed by atoms with Gasteiger partial charge in [0.2, 0.25) is 5.91 Å². The molecule has 0 atom stereocenters. The van der Waals surface area contributed by atoms with Crippen molar-refractivity contribution in [3.05, 3.63) is 22.6 Å².